The molecule has 0 spiro atoms. The van der Waals surface area contributed by atoms with Crippen LogP contribution in [0.3, 0.4) is 0 Å². The first-order valence-corrected chi connectivity index (χ1v) is 11.0. The predicted octanol–water partition coefficient (Wildman–Crippen LogP) is 7.72. The first-order valence-electron chi connectivity index (χ1n) is 9.17. The molecule has 0 bridgehead atoms. The molecule has 0 saturated heterocycles. The van der Waals surface area contributed by atoms with E-state index in [1.165, 1.54) is 11.1 Å². The fourth-order valence-corrected chi connectivity index (χ4v) is 3.56. The van der Waals surface area contributed by atoms with E-state index in [0.29, 0.717) is 6.42 Å². The first kappa shape index (κ1) is 24.3. The van der Waals surface area contributed by atoms with Gasteiger partial charge in [0.2, 0.25) is 0 Å². The molecule has 0 aliphatic heterocycles. The van der Waals surface area contributed by atoms with E-state index in [9.17, 15) is 13.3 Å². The second-order valence-electron chi connectivity index (χ2n) is 6.83. The van der Waals surface area contributed by atoms with Crippen molar-refractivity contribution < 1.29 is 17.9 Å². The predicted molar refractivity (Wildman–Crippen MR) is 105 cm³/mol. The molecule has 0 fully saturated rings. The van der Waals surface area contributed by atoms with Crippen LogP contribution in [0.4, 0.5) is 8.78 Å². The topological polar surface area (TPSA) is 26.3 Å². The van der Waals surface area contributed by atoms with Gasteiger partial charge in [0.1, 0.15) is 0 Å². The Morgan fingerprint density at radius 2 is 1.56 bits per heavy atom. The van der Waals surface area contributed by atoms with E-state index >= 15 is 0 Å². The van der Waals surface area contributed by atoms with Gasteiger partial charge >= 0.3 is 6.17 Å². The molecular formula is C20H35F2O2P. The molecule has 0 amide bonds. The van der Waals surface area contributed by atoms with Gasteiger partial charge in [0.15, 0.2) is 0 Å². The monoisotopic (exact) mass is 376 g/mol. The van der Waals surface area contributed by atoms with Crippen molar-refractivity contribution in [3.05, 3.63) is 34.9 Å². The Morgan fingerprint density at radius 3 is 2.08 bits per heavy atom. The summed E-state index contributed by atoms with van der Waals surface area (Å²) in [7, 11) is -3.88. The quantitative estimate of drug-likeness (QED) is 0.187. The van der Waals surface area contributed by atoms with Crippen molar-refractivity contribution in [1.82, 2.24) is 0 Å². The Hall–Kier alpha value is -0.730. The Morgan fingerprint density at radius 1 is 1.00 bits per heavy atom. The van der Waals surface area contributed by atoms with Gasteiger partial charge in [-0.3, -0.25) is 4.57 Å². The van der Waals surface area contributed by atoms with Gasteiger partial charge in [-0.25, -0.2) is 0 Å². The van der Waals surface area contributed by atoms with Crippen LogP contribution >= 0.6 is 7.37 Å². The summed E-state index contributed by atoms with van der Waals surface area (Å²) in [5.41, 5.74) is 3.65. The van der Waals surface area contributed by atoms with Crippen molar-refractivity contribution in [3.8, 4) is 0 Å². The Bertz CT molecular complexity index is 504. The molecule has 1 unspecified atom stereocenters. The molecular weight excluding hydrogens is 341 g/mol. The third-order valence-corrected chi connectivity index (χ3v) is 5.83. The standard InChI is InChI=1S/C20H35F2O2P/c1-6-7-15-24-25(23,20(21)22)16-14-19(5)13-9-12-18(4)11-8-10-17(2)3/h10,12,14,20H,6-9,11,13,15-16H2,1-5H3/b18-12+,19-14+. The van der Waals surface area contributed by atoms with Crippen LogP contribution in [-0.2, 0) is 9.09 Å². The van der Waals surface area contributed by atoms with Gasteiger partial charge in [0, 0.05) is 6.16 Å². The molecule has 2 nitrogen and oxygen atoms in total. The van der Waals surface area contributed by atoms with Gasteiger partial charge in [-0.1, -0.05) is 48.3 Å². The average Bonchev–Trinajstić information content (AvgIpc) is 2.52. The minimum absolute atomic E-state index is 0.138. The normalized spacial score (nSPS) is 15.4. The lowest BCUT2D eigenvalue weighted by atomic mass is 10.1. The van der Waals surface area contributed by atoms with Gasteiger partial charge in [-0.05, 0) is 59.8 Å². The van der Waals surface area contributed by atoms with Gasteiger partial charge < -0.3 is 4.52 Å². The Balaban J connectivity index is 4.41. The maximum Gasteiger partial charge on any atom is 0.312 e. The molecule has 0 aromatic heterocycles. The molecule has 5 heteroatoms. The molecule has 25 heavy (non-hydrogen) atoms. The summed E-state index contributed by atoms with van der Waals surface area (Å²) in [5.74, 6) is 0. The zero-order valence-corrected chi connectivity index (χ0v) is 17.4. The van der Waals surface area contributed by atoms with E-state index in [2.05, 4.69) is 32.9 Å². The molecule has 0 aliphatic rings. The smallest absolute Gasteiger partial charge is 0.312 e. The van der Waals surface area contributed by atoms with Crippen molar-refractivity contribution in [3.63, 3.8) is 0 Å². The fourth-order valence-electron chi connectivity index (χ4n) is 2.17. The third-order valence-electron chi connectivity index (χ3n) is 3.92. The number of hydrogen-bond donors (Lipinski definition) is 0. The summed E-state index contributed by atoms with van der Waals surface area (Å²) in [5, 5.41) is 0. The van der Waals surface area contributed by atoms with Crippen LogP contribution in [0.5, 0.6) is 0 Å². The van der Waals surface area contributed by atoms with Crippen LogP contribution < -0.4 is 0 Å². The molecule has 0 aromatic carbocycles. The Labute approximate surface area is 152 Å². The molecule has 0 aromatic rings. The van der Waals surface area contributed by atoms with Crippen LogP contribution in [0.1, 0.15) is 73.1 Å². The number of hydrogen-bond acceptors (Lipinski definition) is 2. The average molecular weight is 376 g/mol. The zero-order chi connectivity index (χ0) is 19.3. The number of unbranched alkanes of at least 4 members (excludes halogenated alkanes) is 1. The van der Waals surface area contributed by atoms with E-state index in [0.717, 1.165) is 37.7 Å². The molecule has 0 heterocycles. The van der Waals surface area contributed by atoms with Crippen molar-refractivity contribution in [2.45, 2.75) is 79.3 Å². The van der Waals surface area contributed by atoms with Crippen LogP contribution in [0.15, 0.2) is 34.9 Å². The lowest BCUT2D eigenvalue weighted by molar-refractivity contribution is 0.190. The summed E-state index contributed by atoms with van der Waals surface area (Å²) in [4.78, 5) is 0. The first-order chi connectivity index (χ1) is 11.7. The lowest BCUT2D eigenvalue weighted by Gasteiger charge is -2.16. The largest absolute Gasteiger partial charge is 0.324 e. The highest BCUT2D eigenvalue weighted by atomic mass is 31.2. The molecule has 1 atom stereocenters. The van der Waals surface area contributed by atoms with Crippen LogP contribution in [0.25, 0.3) is 0 Å². The molecule has 0 radical (unpaired) electrons. The van der Waals surface area contributed by atoms with Crippen molar-refractivity contribution in [2.75, 3.05) is 12.8 Å². The van der Waals surface area contributed by atoms with Crippen molar-refractivity contribution >= 4 is 7.37 Å². The van der Waals surface area contributed by atoms with Gasteiger partial charge in [0.05, 0.1) is 6.61 Å². The zero-order valence-electron chi connectivity index (χ0n) is 16.5. The van der Waals surface area contributed by atoms with Gasteiger partial charge in [-0.15, -0.1) is 0 Å². The maximum absolute atomic E-state index is 13.1. The summed E-state index contributed by atoms with van der Waals surface area (Å²) >= 11 is 0. The van der Waals surface area contributed by atoms with E-state index in [1.54, 1.807) is 6.08 Å². The summed E-state index contributed by atoms with van der Waals surface area (Å²) in [6.07, 6.45) is 8.22. The second-order valence-corrected chi connectivity index (χ2v) is 9.30. The third kappa shape index (κ3) is 12.3. The highest BCUT2D eigenvalue weighted by molar-refractivity contribution is 7.59. The summed E-state index contributed by atoms with van der Waals surface area (Å²) < 4.78 is 43.4. The number of halogens is 2. The fraction of sp³-hybridized carbons (Fsp3) is 0.700. The van der Waals surface area contributed by atoms with E-state index in [1.807, 2.05) is 13.8 Å². The molecule has 0 saturated carbocycles. The van der Waals surface area contributed by atoms with Crippen molar-refractivity contribution in [1.29, 1.82) is 0 Å². The summed E-state index contributed by atoms with van der Waals surface area (Å²) in [6.45, 7) is 10.3. The highest BCUT2D eigenvalue weighted by Crippen LogP contribution is 2.53. The summed E-state index contributed by atoms with van der Waals surface area (Å²) in [6, 6.07) is 0. The second kappa shape index (κ2) is 13.5. The molecule has 0 N–H and O–H groups in total. The van der Waals surface area contributed by atoms with Gasteiger partial charge in [0.25, 0.3) is 7.37 Å². The number of allylic oxidation sites excluding steroid dienone is 6. The molecule has 146 valence electrons. The van der Waals surface area contributed by atoms with Crippen molar-refractivity contribution in [2.24, 2.45) is 0 Å². The Kier molecular flexibility index (Phi) is 13.1. The van der Waals surface area contributed by atoms with Crippen LogP contribution in [0.2, 0.25) is 0 Å². The van der Waals surface area contributed by atoms with Crippen LogP contribution in [-0.4, -0.2) is 18.9 Å². The SMILES string of the molecule is CCCCOP(=O)(C/C=C(\C)CC/C=C(\C)CCC=C(C)C)C(F)F. The molecule has 0 rings (SSSR count). The number of alkyl halides is 2. The lowest BCUT2D eigenvalue weighted by Crippen LogP contribution is -2.04. The minimum Gasteiger partial charge on any atom is -0.324 e. The van der Waals surface area contributed by atoms with E-state index < -0.39 is 13.5 Å². The number of rotatable bonds is 13. The van der Waals surface area contributed by atoms with E-state index in [4.69, 9.17) is 4.52 Å². The maximum atomic E-state index is 13.1. The molecule has 0 aliphatic carbocycles. The minimum atomic E-state index is -3.88. The highest BCUT2D eigenvalue weighted by Gasteiger charge is 2.33. The van der Waals surface area contributed by atoms with E-state index in [-0.39, 0.29) is 12.8 Å². The van der Waals surface area contributed by atoms with Crippen LogP contribution in [0, 0.1) is 0 Å². The van der Waals surface area contributed by atoms with Gasteiger partial charge in [-0.2, -0.15) is 8.78 Å².